The molecule has 0 saturated carbocycles. The Balaban J connectivity index is 1.61. The molecule has 0 saturated heterocycles. The molecular formula is C28H32FN3O3. The Morgan fingerprint density at radius 2 is 1.86 bits per heavy atom. The molecule has 4 rings (SSSR count). The maximum Gasteiger partial charge on any atom is 0.254 e. The highest BCUT2D eigenvalue weighted by Crippen LogP contribution is 2.33. The molecule has 0 spiro atoms. The molecule has 0 aliphatic carbocycles. The van der Waals surface area contributed by atoms with Crippen molar-refractivity contribution in [3.63, 3.8) is 0 Å². The van der Waals surface area contributed by atoms with Crippen LogP contribution in [0.3, 0.4) is 0 Å². The number of aromatic nitrogens is 1. The normalized spacial score (nSPS) is 15.2. The number of carbonyl (C=O) groups excluding carboxylic acids is 2. The maximum absolute atomic E-state index is 13.8. The molecular weight excluding hydrogens is 445 g/mol. The van der Waals surface area contributed by atoms with Crippen LogP contribution in [0.5, 0.6) is 0 Å². The Kier molecular flexibility index (Phi) is 7.66. The molecule has 1 atom stereocenters. The Morgan fingerprint density at radius 3 is 2.54 bits per heavy atom. The van der Waals surface area contributed by atoms with Crippen molar-refractivity contribution >= 4 is 11.8 Å². The average molecular weight is 478 g/mol. The van der Waals surface area contributed by atoms with Crippen LogP contribution in [0.1, 0.15) is 53.0 Å². The van der Waals surface area contributed by atoms with Gasteiger partial charge in [0.05, 0.1) is 12.6 Å². The molecule has 1 aliphatic rings. The molecule has 7 heteroatoms. The van der Waals surface area contributed by atoms with Crippen LogP contribution in [0, 0.1) is 5.82 Å². The zero-order valence-electron chi connectivity index (χ0n) is 20.5. The Hall–Kier alpha value is -3.45. The van der Waals surface area contributed by atoms with E-state index in [0.717, 1.165) is 11.3 Å². The second kappa shape index (κ2) is 10.9. The number of benzene rings is 2. The van der Waals surface area contributed by atoms with Crippen molar-refractivity contribution in [3.05, 3.63) is 95.1 Å². The lowest BCUT2D eigenvalue weighted by Crippen LogP contribution is -2.48. The summed E-state index contributed by atoms with van der Waals surface area (Å²) in [5, 5.41) is 0. The van der Waals surface area contributed by atoms with Crippen molar-refractivity contribution in [2.24, 2.45) is 0 Å². The standard InChI is InChI=1S/C28H32FN3O3/c1-20(2)21-9-11-22(12-10-21)27-25-8-5-13-30(25)14-15-32(27)26(33)19-31(16-17-35-3)28(34)23-6-4-7-24(29)18-23/h4-13,18,20,27H,14-17,19H2,1-3H3. The predicted molar refractivity (Wildman–Crippen MR) is 133 cm³/mol. The molecule has 2 amide bonds. The van der Waals surface area contributed by atoms with Gasteiger partial charge in [0.15, 0.2) is 0 Å². The third-order valence-corrected chi connectivity index (χ3v) is 6.53. The van der Waals surface area contributed by atoms with Crippen LogP contribution in [0.15, 0.2) is 66.9 Å². The minimum Gasteiger partial charge on any atom is -0.383 e. The van der Waals surface area contributed by atoms with Gasteiger partial charge in [-0.1, -0.05) is 44.2 Å². The zero-order valence-corrected chi connectivity index (χ0v) is 20.5. The van der Waals surface area contributed by atoms with Gasteiger partial charge in [0.2, 0.25) is 5.91 Å². The molecule has 184 valence electrons. The van der Waals surface area contributed by atoms with Crippen LogP contribution in [0.25, 0.3) is 0 Å². The first-order valence-electron chi connectivity index (χ1n) is 12.0. The van der Waals surface area contributed by atoms with Crippen LogP contribution in [0.2, 0.25) is 0 Å². The van der Waals surface area contributed by atoms with Crippen LogP contribution in [-0.2, 0) is 16.1 Å². The van der Waals surface area contributed by atoms with E-state index in [4.69, 9.17) is 4.74 Å². The molecule has 1 aliphatic heterocycles. The Labute approximate surface area is 205 Å². The van der Waals surface area contributed by atoms with Gasteiger partial charge in [-0.2, -0.15) is 0 Å². The summed E-state index contributed by atoms with van der Waals surface area (Å²) < 4.78 is 21.1. The van der Waals surface area contributed by atoms with Gasteiger partial charge in [-0.25, -0.2) is 4.39 Å². The lowest BCUT2D eigenvalue weighted by atomic mass is 9.95. The fourth-order valence-corrected chi connectivity index (χ4v) is 4.58. The topological polar surface area (TPSA) is 54.8 Å². The molecule has 2 aromatic carbocycles. The van der Waals surface area contributed by atoms with Crippen molar-refractivity contribution < 1.29 is 18.7 Å². The minimum atomic E-state index is -0.490. The van der Waals surface area contributed by atoms with E-state index in [1.165, 1.54) is 28.7 Å². The largest absolute Gasteiger partial charge is 0.383 e. The van der Waals surface area contributed by atoms with E-state index >= 15 is 0 Å². The first-order chi connectivity index (χ1) is 16.9. The molecule has 6 nitrogen and oxygen atoms in total. The molecule has 2 heterocycles. The van der Waals surface area contributed by atoms with E-state index in [1.807, 2.05) is 23.2 Å². The van der Waals surface area contributed by atoms with Gasteiger partial charge in [-0.05, 0) is 47.4 Å². The van der Waals surface area contributed by atoms with Crippen LogP contribution >= 0.6 is 0 Å². The summed E-state index contributed by atoms with van der Waals surface area (Å²) >= 11 is 0. The predicted octanol–water partition coefficient (Wildman–Crippen LogP) is 4.47. The third kappa shape index (κ3) is 5.46. The van der Waals surface area contributed by atoms with E-state index in [-0.39, 0.29) is 37.2 Å². The summed E-state index contributed by atoms with van der Waals surface area (Å²) in [6.07, 6.45) is 2.03. The number of hydrogen-bond donors (Lipinski definition) is 0. The molecule has 0 bridgehead atoms. The Morgan fingerprint density at radius 1 is 1.09 bits per heavy atom. The average Bonchev–Trinajstić information content (AvgIpc) is 3.34. The van der Waals surface area contributed by atoms with Crippen molar-refractivity contribution in [1.82, 2.24) is 14.4 Å². The van der Waals surface area contributed by atoms with E-state index in [9.17, 15) is 14.0 Å². The number of fused-ring (bicyclic) bond motifs is 1. The highest BCUT2D eigenvalue weighted by atomic mass is 19.1. The van der Waals surface area contributed by atoms with E-state index in [2.05, 4.69) is 42.7 Å². The fourth-order valence-electron chi connectivity index (χ4n) is 4.58. The van der Waals surface area contributed by atoms with Crippen LogP contribution < -0.4 is 0 Å². The maximum atomic E-state index is 13.8. The van der Waals surface area contributed by atoms with Crippen LogP contribution in [-0.4, -0.2) is 59.5 Å². The number of hydrogen-bond acceptors (Lipinski definition) is 3. The van der Waals surface area contributed by atoms with Gasteiger partial charge in [0, 0.05) is 44.2 Å². The number of carbonyl (C=O) groups is 2. The Bertz CT molecular complexity index is 1170. The summed E-state index contributed by atoms with van der Waals surface area (Å²) in [6, 6.07) is 17.7. The number of halogens is 1. The van der Waals surface area contributed by atoms with E-state index in [0.29, 0.717) is 19.0 Å². The molecule has 1 aromatic heterocycles. The summed E-state index contributed by atoms with van der Waals surface area (Å²) in [7, 11) is 1.54. The van der Waals surface area contributed by atoms with Gasteiger partial charge in [-0.15, -0.1) is 0 Å². The third-order valence-electron chi connectivity index (χ3n) is 6.53. The number of nitrogens with zero attached hydrogens (tertiary/aromatic N) is 3. The molecule has 35 heavy (non-hydrogen) atoms. The molecule has 3 aromatic rings. The molecule has 0 fully saturated rings. The van der Waals surface area contributed by atoms with Gasteiger partial charge >= 0.3 is 0 Å². The highest BCUT2D eigenvalue weighted by Gasteiger charge is 2.33. The highest BCUT2D eigenvalue weighted by molar-refractivity contribution is 5.96. The number of rotatable bonds is 8. The second-order valence-corrected chi connectivity index (χ2v) is 9.17. The lowest BCUT2D eigenvalue weighted by Gasteiger charge is -2.38. The van der Waals surface area contributed by atoms with Gasteiger partial charge < -0.3 is 19.1 Å². The minimum absolute atomic E-state index is 0.111. The number of amides is 2. The monoisotopic (exact) mass is 477 g/mol. The molecule has 0 radical (unpaired) electrons. The molecule has 0 N–H and O–H groups in total. The first-order valence-corrected chi connectivity index (χ1v) is 12.0. The van der Waals surface area contributed by atoms with Crippen molar-refractivity contribution in [2.45, 2.75) is 32.4 Å². The van der Waals surface area contributed by atoms with Crippen molar-refractivity contribution in [1.29, 1.82) is 0 Å². The van der Waals surface area contributed by atoms with Crippen LogP contribution in [0.4, 0.5) is 4.39 Å². The first kappa shape index (κ1) is 24.7. The van der Waals surface area contributed by atoms with Crippen molar-refractivity contribution in [3.8, 4) is 0 Å². The number of methoxy groups -OCH3 is 1. The van der Waals surface area contributed by atoms with E-state index in [1.54, 1.807) is 13.2 Å². The quantitative estimate of drug-likeness (QED) is 0.481. The summed E-state index contributed by atoms with van der Waals surface area (Å²) in [4.78, 5) is 30.1. The lowest BCUT2D eigenvalue weighted by molar-refractivity contribution is -0.134. The van der Waals surface area contributed by atoms with Gasteiger partial charge in [0.25, 0.3) is 5.91 Å². The summed E-state index contributed by atoms with van der Waals surface area (Å²) in [6.45, 7) is 5.92. The fraction of sp³-hybridized carbons (Fsp3) is 0.357. The number of ether oxygens (including phenoxy) is 1. The summed E-state index contributed by atoms with van der Waals surface area (Å²) in [5.74, 6) is -0.625. The molecule has 1 unspecified atom stereocenters. The van der Waals surface area contributed by atoms with Gasteiger partial charge in [-0.3, -0.25) is 9.59 Å². The smallest absolute Gasteiger partial charge is 0.254 e. The second-order valence-electron chi connectivity index (χ2n) is 9.17. The van der Waals surface area contributed by atoms with Crippen molar-refractivity contribution in [2.75, 3.05) is 33.4 Å². The zero-order chi connectivity index (χ0) is 24.9. The van der Waals surface area contributed by atoms with E-state index < -0.39 is 11.7 Å². The van der Waals surface area contributed by atoms with Gasteiger partial charge in [0.1, 0.15) is 12.4 Å². The summed E-state index contributed by atoms with van der Waals surface area (Å²) in [5.41, 5.74) is 3.52. The SMILES string of the molecule is COCCN(CC(=O)N1CCn2cccc2C1c1ccc(C(C)C)cc1)C(=O)c1cccc(F)c1.